The number of hydrogen-bond donors (Lipinski definition) is 1. The molecule has 0 saturated carbocycles. The maximum atomic E-state index is 13.0. The molecular weight excluding hydrogens is 285 g/mol. The second-order valence-corrected chi connectivity index (χ2v) is 5.55. The molecule has 1 aromatic rings. The third-order valence-electron chi connectivity index (χ3n) is 3.76. The Hall–Kier alpha value is -1.62. The molecule has 2 rings (SSSR count). The van der Waals surface area contributed by atoms with Crippen LogP contribution in [-0.4, -0.2) is 34.0 Å². The van der Waals surface area contributed by atoms with Gasteiger partial charge in [0.1, 0.15) is 11.4 Å². The molecule has 0 bridgehead atoms. The van der Waals surface area contributed by atoms with Gasteiger partial charge in [0.25, 0.3) is 0 Å². The Morgan fingerprint density at radius 2 is 2.20 bits per heavy atom. The van der Waals surface area contributed by atoms with Gasteiger partial charge in [0.05, 0.1) is 6.42 Å². The number of aliphatic carboxylic acids is 1. The third kappa shape index (κ3) is 2.63. The van der Waals surface area contributed by atoms with Crippen molar-refractivity contribution in [1.82, 2.24) is 4.90 Å². The number of benzene rings is 1. The lowest BCUT2D eigenvalue weighted by molar-refractivity contribution is -0.155. The first-order valence-electron chi connectivity index (χ1n) is 6.32. The highest BCUT2D eigenvalue weighted by atomic mass is 35.5. The van der Waals surface area contributed by atoms with E-state index in [1.54, 1.807) is 6.92 Å². The fourth-order valence-corrected chi connectivity index (χ4v) is 2.74. The summed E-state index contributed by atoms with van der Waals surface area (Å²) in [5.41, 5.74) is -0.665. The van der Waals surface area contributed by atoms with Crippen LogP contribution in [0.25, 0.3) is 0 Å². The molecule has 1 atom stereocenters. The summed E-state index contributed by atoms with van der Waals surface area (Å²) < 4.78 is 13.0. The summed E-state index contributed by atoms with van der Waals surface area (Å²) in [6.07, 6.45) is 1.07. The van der Waals surface area contributed by atoms with E-state index in [4.69, 9.17) is 11.6 Å². The number of carboxylic acid groups (broad SMARTS) is 1. The lowest BCUT2D eigenvalue weighted by Crippen LogP contribution is -2.51. The van der Waals surface area contributed by atoms with E-state index < -0.39 is 17.3 Å². The number of amides is 1. The van der Waals surface area contributed by atoms with Gasteiger partial charge < -0.3 is 10.0 Å². The lowest BCUT2D eigenvalue weighted by atomic mass is 9.98. The Kier molecular flexibility index (Phi) is 3.99. The van der Waals surface area contributed by atoms with Gasteiger partial charge in [-0.2, -0.15) is 0 Å². The van der Waals surface area contributed by atoms with Gasteiger partial charge in [0.2, 0.25) is 5.91 Å². The quantitative estimate of drug-likeness (QED) is 0.933. The topological polar surface area (TPSA) is 57.6 Å². The minimum atomic E-state index is -1.16. The smallest absolute Gasteiger partial charge is 0.329 e. The van der Waals surface area contributed by atoms with Crippen molar-refractivity contribution in [1.29, 1.82) is 0 Å². The van der Waals surface area contributed by atoms with E-state index in [0.29, 0.717) is 24.9 Å². The first-order valence-corrected chi connectivity index (χ1v) is 6.70. The molecular formula is C14H15ClFNO3. The van der Waals surface area contributed by atoms with Crippen LogP contribution in [0.15, 0.2) is 18.2 Å². The van der Waals surface area contributed by atoms with Crippen LogP contribution in [0.2, 0.25) is 5.02 Å². The summed E-state index contributed by atoms with van der Waals surface area (Å²) in [5.74, 6) is -1.78. The van der Waals surface area contributed by atoms with Gasteiger partial charge in [-0.15, -0.1) is 0 Å². The fourth-order valence-electron chi connectivity index (χ4n) is 2.51. The minimum Gasteiger partial charge on any atom is -0.480 e. The Labute approximate surface area is 121 Å². The number of likely N-dealkylation sites (tertiary alicyclic amines) is 1. The van der Waals surface area contributed by atoms with Crippen molar-refractivity contribution >= 4 is 23.5 Å². The van der Waals surface area contributed by atoms with Gasteiger partial charge >= 0.3 is 5.97 Å². The van der Waals surface area contributed by atoms with Gasteiger partial charge in [0, 0.05) is 11.6 Å². The van der Waals surface area contributed by atoms with Crippen LogP contribution in [0, 0.1) is 5.82 Å². The van der Waals surface area contributed by atoms with E-state index in [9.17, 15) is 19.1 Å². The highest BCUT2D eigenvalue weighted by Gasteiger charge is 2.45. The largest absolute Gasteiger partial charge is 0.480 e. The average molecular weight is 300 g/mol. The van der Waals surface area contributed by atoms with Crippen LogP contribution in [-0.2, 0) is 16.0 Å². The Balaban J connectivity index is 2.18. The van der Waals surface area contributed by atoms with Crippen molar-refractivity contribution in [2.24, 2.45) is 0 Å². The van der Waals surface area contributed by atoms with Crippen LogP contribution in [0.5, 0.6) is 0 Å². The van der Waals surface area contributed by atoms with Gasteiger partial charge in [-0.25, -0.2) is 9.18 Å². The van der Waals surface area contributed by atoms with Crippen LogP contribution in [0.1, 0.15) is 25.3 Å². The van der Waals surface area contributed by atoms with Crippen molar-refractivity contribution in [3.05, 3.63) is 34.6 Å². The molecule has 4 nitrogen and oxygen atoms in total. The highest BCUT2D eigenvalue weighted by Crippen LogP contribution is 2.30. The maximum absolute atomic E-state index is 13.0. The molecule has 1 aromatic carbocycles. The molecule has 1 aliphatic rings. The second-order valence-electron chi connectivity index (χ2n) is 5.14. The highest BCUT2D eigenvalue weighted by molar-refractivity contribution is 6.31. The Bertz CT molecular complexity index is 563. The summed E-state index contributed by atoms with van der Waals surface area (Å²) in [4.78, 5) is 25.0. The molecule has 108 valence electrons. The fraction of sp³-hybridized carbons (Fsp3) is 0.429. The SMILES string of the molecule is CC1(C(=O)O)CCCN1C(=O)Cc1ccc(F)cc1Cl. The predicted molar refractivity (Wildman–Crippen MR) is 72.1 cm³/mol. The molecule has 1 heterocycles. The predicted octanol–water partition coefficient (Wildman–Crippen LogP) is 2.49. The van der Waals surface area contributed by atoms with E-state index in [-0.39, 0.29) is 17.4 Å². The molecule has 0 spiro atoms. The summed E-state index contributed by atoms with van der Waals surface area (Å²) in [6, 6.07) is 3.82. The van der Waals surface area contributed by atoms with Crippen LogP contribution >= 0.6 is 11.6 Å². The number of nitrogens with zero attached hydrogens (tertiary/aromatic N) is 1. The van der Waals surface area contributed by atoms with Crippen molar-refractivity contribution in [3.8, 4) is 0 Å². The van der Waals surface area contributed by atoms with Crippen LogP contribution in [0.4, 0.5) is 4.39 Å². The third-order valence-corrected chi connectivity index (χ3v) is 4.11. The standard InChI is InChI=1S/C14H15ClFNO3/c1-14(13(19)20)5-2-6-17(14)12(18)7-9-3-4-10(16)8-11(9)15/h3-4,8H,2,5-7H2,1H3,(H,19,20). The number of carbonyl (C=O) groups excluding carboxylic acids is 1. The Morgan fingerprint density at radius 1 is 1.50 bits per heavy atom. The lowest BCUT2D eigenvalue weighted by Gasteiger charge is -2.31. The van der Waals surface area contributed by atoms with Crippen LogP contribution in [0.3, 0.4) is 0 Å². The molecule has 1 amide bonds. The second kappa shape index (κ2) is 5.40. The van der Waals surface area contributed by atoms with E-state index in [1.165, 1.54) is 17.0 Å². The van der Waals surface area contributed by atoms with Crippen molar-refractivity contribution in [2.75, 3.05) is 6.54 Å². The van der Waals surface area contributed by atoms with Crippen molar-refractivity contribution in [3.63, 3.8) is 0 Å². The normalized spacial score (nSPS) is 22.1. The van der Waals surface area contributed by atoms with E-state index in [0.717, 1.165) is 6.07 Å². The summed E-state index contributed by atoms with van der Waals surface area (Å²) >= 11 is 5.89. The monoisotopic (exact) mass is 299 g/mol. The number of carbonyl (C=O) groups is 2. The zero-order valence-corrected chi connectivity index (χ0v) is 11.8. The molecule has 0 aliphatic carbocycles. The zero-order valence-electron chi connectivity index (χ0n) is 11.0. The molecule has 6 heteroatoms. The van der Waals surface area contributed by atoms with Gasteiger partial charge in [-0.05, 0) is 37.5 Å². The number of rotatable bonds is 3. The Morgan fingerprint density at radius 3 is 2.80 bits per heavy atom. The van der Waals surface area contributed by atoms with E-state index in [1.807, 2.05) is 0 Å². The van der Waals surface area contributed by atoms with Crippen molar-refractivity contribution < 1.29 is 19.1 Å². The van der Waals surface area contributed by atoms with E-state index in [2.05, 4.69) is 0 Å². The molecule has 1 saturated heterocycles. The molecule has 1 fully saturated rings. The zero-order chi connectivity index (χ0) is 14.9. The number of carboxylic acids is 1. The number of hydrogen-bond acceptors (Lipinski definition) is 2. The molecule has 20 heavy (non-hydrogen) atoms. The molecule has 1 aliphatic heterocycles. The molecule has 1 unspecified atom stereocenters. The maximum Gasteiger partial charge on any atom is 0.329 e. The first-order chi connectivity index (χ1) is 9.34. The van der Waals surface area contributed by atoms with E-state index >= 15 is 0 Å². The molecule has 0 aromatic heterocycles. The van der Waals surface area contributed by atoms with Gasteiger partial charge in [-0.1, -0.05) is 17.7 Å². The van der Waals surface area contributed by atoms with Gasteiger partial charge in [0.15, 0.2) is 0 Å². The van der Waals surface area contributed by atoms with Crippen molar-refractivity contribution in [2.45, 2.75) is 31.7 Å². The molecule has 1 N–H and O–H groups in total. The summed E-state index contributed by atoms with van der Waals surface area (Å²) in [7, 11) is 0. The van der Waals surface area contributed by atoms with Crippen LogP contribution < -0.4 is 0 Å². The summed E-state index contributed by atoms with van der Waals surface area (Å²) in [5, 5.41) is 9.45. The molecule has 0 radical (unpaired) electrons. The number of halogens is 2. The minimum absolute atomic E-state index is 0.0258. The first kappa shape index (κ1) is 14.8. The average Bonchev–Trinajstić information content (AvgIpc) is 2.76. The van der Waals surface area contributed by atoms with Gasteiger partial charge in [-0.3, -0.25) is 4.79 Å². The summed E-state index contributed by atoms with van der Waals surface area (Å²) in [6.45, 7) is 1.97.